The molecule has 0 radical (unpaired) electrons. The number of esters is 1. The number of carbonyl (C=O) groups is 3. The third-order valence-corrected chi connectivity index (χ3v) is 7.50. The first-order valence-electron chi connectivity index (χ1n) is 13.7. The van der Waals surface area contributed by atoms with Crippen LogP contribution in [0, 0.1) is 5.92 Å². The molecule has 0 N–H and O–H groups in total. The summed E-state index contributed by atoms with van der Waals surface area (Å²) < 4.78 is 5.20. The summed E-state index contributed by atoms with van der Waals surface area (Å²) in [6.07, 6.45) is 0.644. The summed E-state index contributed by atoms with van der Waals surface area (Å²) in [6, 6.07) is 37.3. The Balaban J connectivity index is 1.19. The molecule has 0 aromatic heterocycles. The van der Waals surface area contributed by atoms with Crippen LogP contribution in [0.3, 0.4) is 0 Å². The van der Waals surface area contributed by atoms with Gasteiger partial charge >= 0.3 is 5.97 Å². The van der Waals surface area contributed by atoms with Crippen molar-refractivity contribution in [3.8, 4) is 0 Å². The quantitative estimate of drug-likeness (QED) is 0.189. The largest absolute Gasteiger partial charge is 0.457 e. The Labute approximate surface area is 235 Å². The molecule has 5 rings (SSSR count). The molecule has 5 nitrogen and oxygen atoms in total. The molecule has 1 unspecified atom stereocenters. The van der Waals surface area contributed by atoms with E-state index in [0.29, 0.717) is 24.3 Å². The first-order chi connectivity index (χ1) is 19.6. The van der Waals surface area contributed by atoms with Gasteiger partial charge in [0.15, 0.2) is 12.4 Å². The molecular formula is C35H33NO4. The number of ketones is 2. The Hall–Kier alpha value is -4.35. The number of carbonyl (C=O) groups excluding carboxylic acids is 3. The van der Waals surface area contributed by atoms with E-state index in [9.17, 15) is 14.4 Å². The summed E-state index contributed by atoms with van der Waals surface area (Å²) in [5.74, 6) is -0.439. The Morgan fingerprint density at radius 3 is 1.90 bits per heavy atom. The number of rotatable bonds is 10. The molecule has 40 heavy (non-hydrogen) atoms. The summed E-state index contributed by atoms with van der Waals surface area (Å²) in [5.41, 5.74) is 4.81. The third-order valence-electron chi connectivity index (χ3n) is 7.50. The maximum absolute atomic E-state index is 13.2. The fourth-order valence-electron chi connectivity index (χ4n) is 5.43. The van der Waals surface area contributed by atoms with Gasteiger partial charge in [-0.3, -0.25) is 19.3 Å². The summed E-state index contributed by atoms with van der Waals surface area (Å²) in [7, 11) is 0. The number of ether oxygens (including phenoxy) is 1. The predicted molar refractivity (Wildman–Crippen MR) is 155 cm³/mol. The van der Waals surface area contributed by atoms with E-state index in [1.807, 2.05) is 66.7 Å². The zero-order chi connectivity index (χ0) is 27.7. The zero-order valence-electron chi connectivity index (χ0n) is 22.4. The van der Waals surface area contributed by atoms with E-state index in [2.05, 4.69) is 29.2 Å². The van der Waals surface area contributed by atoms with Crippen LogP contribution >= 0.6 is 0 Å². The molecule has 1 atom stereocenters. The minimum Gasteiger partial charge on any atom is -0.457 e. The van der Waals surface area contributed by atoms with Crippen molar-refractivity contribution in [2.45, 2.75) is 25.3 Å². The molecule has 4 aromatic rings. The van der Waals surface area contributed by atoms with Gasteiger partial charge in [-0.25, -0.2) is 0 Å². The van der Waals surface area contributed by atoms with Crippen LogP contribution < -0.4 is 0 Å². The van der Waals surface area contributed by atoms with Crippen molar-refractivity contribution in [1.29, 1.82) is 0 Å². The molecule has 1 aliphatic heterocycles. The van der Waals surface area contributed by atoms with Gasteiger partial charge in [-0.15, -0.1) is 0 Å². The first-order valence-corrected chi connectivity index (χ1v) is 13.7. The number of hydrogen-bond donors (Lipinski definition) is 0. The second-order valence-corrected chi connectivity index (χ2v) is 10.3. The Morgan fingerprint density at radius 2 is 1.30 bits per heavy atom. The number of benzene rings is 4. The van der Waals surface area contributed by atoms with Gasteiger partial charge in [0.2, 0.25) is 0 Å². The maximum Gasteiger partial charge on any atom is 0.310 e. The van der Waals surface area contributed by atoms with Crippen LogP contribution in [-0.4, -0.2) is 42.1 Å². The molecule has 0 bridgehead atoms. The molecular weight excluding hydrogens is 498 g/mol. The molecule has 1 heterocycles. The van der Waals surface area contributed by atoms with Gasteiger partial charge in [0.25, 0.3) is 0 Å². The van der Waals surface area contributed by atoms with E-state index in [4.69, 9.17) is 4.74 Å². The van der Waals surface area contributed by atoms with Gasteiger partial charge in [-0.1, -0.05) is 115 Å². The van der Waals surface area contributed by atoms with Gasteiger partial charge in [-0.2, -0.15) is 0 Å². The predicted octanol–water partition coefficient (Wildman–Crippen LogP) is 5.88. The number of piperidine rings is 1. The van der Waals surface area contributed by atoms with Crippen molar-refractivity contribution < 1.29 is 19.1 Å². The van der Waals surface area contributed by atoms with Crippen molar-refractivity contribution in [3.63, 3.8) is 0 Å². The van der Waals surface area contributed by atoms with E-state index in [1.165, 1.54) is 0 Å². The van der Waals surface area contributed by atoms with E-state index in [1.54, 1.807) is 24.3 Å². The number of likely N-dealkylation sites (tertiary alicyclic amines) is 1. The second-order valence-electron chi connectivity index (χ2n) is 10.3. The Bertz CT molecular complexity index is 1380. The molecule has 4 aromatic carbocycles. The van der Waals surface area contributed by atoms with Crippen molar-refractivity contribution >= 4 is 17.5 Å². The highest BCUT2D eigenvalue weighted by Gasteiger charge is 2.35. The average Bonchev–Trinajstić information content (AvgIpc) is 3.00. The van der Waals surface area contributed by atoms with Crippen molar-refractivity contribution in [1.82, 2.24) is 4.90 Å². The minimum atomic E-state index is -0.428. The van der Waals surface area contributed by atoms with Crippen molar-refractivity contribution in [2.75, 3.05) is 19.7 Å². The van der Waals surface area contributed by atoms with Crippen molar-refractivity contribution in [3.05, 3.63) is 143 Å². The monoisotopic (exact) mass is 531 g/mol. The van der Waals surface area contributed by atoms with Crippen LogP contribution in [0.15, 0.2) is 115 Å². The van der Waals surface area contributed by atoms with Crippen LogP contribution in [0.5, 0.6) is 0 Å². The van der Waals surface area contributed by atoms with Gasteiger partial charge < -0.3 is 4.74 Å². The van der Waals surface area contributed by atoms with Crippen LogP contribution in [0.2, 0.25) is 0 Å². The molecule has 0 spiro atoms. The fraction of sp³-hybridized carbons (Fsp3) is 0.229. The van der Waals surface area contributed by atoms with Gasteiger partial charge in [0.05, 0.1) is 6.42 Å². The molecule has 1 saturated heterocycles. The normalized spacial score (nSPS) is 15.6. The van der Waals surface area contributed by atoms with E-state index < -0.39 is 5.97 Å². The maximum atomic E-state index is 13.2. The standard InChI is InChI=1S/C35H33NO4/c37-32-20-21-36(24-31(32)35(29-12-6-2-7-13-29)30-14-8-3-9-15-30)23-27-18-16-26(17-19-27)22-34(39)40-25-33(38)28-10-4-1-5-11-28/h1-19,31,35H,20-25H2. The highest BCUT2D eigenvalue weighted by Crippen LogP contribution is 2.36. The van der Waals surface area contributed by atoms with Crippen LogP contribution in [0.25, 0.3) is 0 Å². The lowest BCUT2D eigenvalue weighted by molar-refractivity contribution is -0.141. The van der Waals surface area contributed by atoms with E-state index in [-0.39, 0.29) is 30.6 Å². The van der Waals surface area contributed by atoms with Gasteiger partial charge in [0, 0.05) is 43.5 Å². The summed E-state index contributed by atoms with van der Waals surface area (Å²) in [4.78, 5) is 40.0. The number of hydrogen-bond acceptors (Lipinski definition) is 5. The highest BCUT2D eigenvalue weighted by molar-refractivity contribution is 5.97. The minimum absolute atomic E-state index is 0.0138. The SMILES string of the molecule is O=C(Cc1ccc(CN2CCC(=O)C(C(c3ccccc3)c3ccccc3)C2)cc1)OCC(=O)c1ccccc1. The van der Waals surface area contributed by atoms with Crippen LogP contribution in [0.1, 0.15) is 45.0 Å². The zero-order valence-corrected chi connectivity index (χ0v) is 22.4. The Morgan fingerprint density at radius 1 is 0.750 bits per heavy atom. The molecule has 0 amide bonds. The summed E-state index contributed by atoms with van der Waals surface area (Å²) in [6.45, 7) is 1.89. The highest BCUT2D eigenvalue weighted by atomic mass is 16.5. The lowest BCUT2D eigenvalue weighted by atomic mass is 9.76. The molecule has 202 valence electrons. The number of Topliss-reactive ketones (excluding diaryl/α,β-unsaturated/α-hetero) is 2. The topological polar surface area (TPSA) is 63.7 Å². The van der Waals surface area contributed by atoms with E-state index >= 15 is 0 Å². The molecule has 1 aliphatic rings. The molecule has 5 heteroatoms. The molecule has 0 saturated carbocycles. The van der Waals surface area contributed by atoms with Gasteiger partial charge in [-0.05, 0) is 22.3 Å². The fourth-order valence-corrected chi connectivity index (χ4v) is 5.43. The molecule has 1 fully saturated rings. The van der Waals surface area contributed by atoms with Crippen LogP contribution in [-0.2, 0) is 27.3 Å². The third kappa shape index (κ3) is 6.99. The van der Waals surface area contributed by atoms with Crippen molar-refractivity contribution in [2.24, 2.45) is 5.92 Å². The molecule has 0 aliphatic carbocycles. The Kier molecular flexibility index (Phi) is 8.94. The second kappa shape index (κ2) is 13.1. The van der Waals surface area contributed by atoms with Gasteiger partial charge in [0.1, 0.15) is 5.78 Å². The first kappa shape index (κ1) is 27.2. The summed E-state index contributed by atoms with van der Waals surface area (Å²) in [5, 5.41) is 0. The van der Waals surface area contributed by atoms with Crippen LogP contribution in [0.4, 0.5) is 0 Å². The lowest BCUT2D eigenvalue weighted by Crippen LogP contribution is -2.43. The van der Waals surface area contributed by atoms with E-state index in [0.717, 1.165) is 35.3 Å². The lowest BCUT2D eigenvalue weighted by Gasteiger charge is -2.36. The average molecular weight is 532 g/mol. The smallest absolute Gasteiger partial charge is 0.310 e. The summed E-state index contributed by atoms with van der Waals surface area (Å²) >= 11 is 0. The number of nitrogens with zero attached hydrogens (tertiary/aromatic N) is 1.